The topological polar surface area (TPSA) is 84.9 Å². The molecule has 3 aromatic rings. The Bertz CT molecular complexity index is 1210. The number of carbonyl (C=O) groups excluding carboxylic acids is 1. The molecule has 0 aliphatic heterocycles. The molecule has 32 heavy (non-hydrogen) atoms. The second-order valence-corrected chi connectivity index (χ2v) is 9.03. The van der Waals surface area contributed by atoms with Crippen molar-refractivity contribution in [2.75, 3.05) is 30.4 Å². The first kappa shape index (κ1) is 23.1. The summed E-state index contributed by atoms with van der Waals surface area (Å²) in [4.78, 5) is 12.9. The van der Waals surface area contributed by atoms with Crippen LogP contribution in [0, 0.1) is 6.92 Å². The first-order valence-electron chi connectivity index (χ1n) is 10.0. The minimum absolute atomic E-state index is 0.0234. The van der Waals surface area contributed by atoms with Crippen LogP contribution in [-0.4, -0.2) is 35.1 Å². The smallest absolute Gasteiger partial charge is 0.264 e. The molecule has 0 aliphatic rings. The van der Waals surface area contributed by atoms with Crippen LogP contribution in [0.3, 0.4) is 0 Å². The number of hydrogen-bond acceptors (Lipinski definition) is 5. The average molecular weight is 455 g/mol. The number of rotatable bonds is 8. The van der Waals surface area contributed by atoms with Gasteiger partial charge < -0.3 is 14.8 Å². The summed E-state index contributed by atoms with van der Waals surface area (Å²) in [5.41, 5.74) is 1.96. The second-order valence-electron chi connectivity index (χ2n) is 7.06. The van der Waals surface area contributed by atoms with E-state index in [4.69, 9.17) is 9.47 Å². The molecule has 7 nitrogen and oxygen atoms in total. The van der Waals surface area contributed by atoms with Crippen molar-refractivity contribution >= 4 is 27.3 Å². The van der Waals surface area contributed by atoms with Crippen LogP contribution in [0.15, 0.2) is 71.6 Å². The molecule has 1 amide bonds. The molecule has 0 aliphatic carbocycles. The maximum Gasteiger partial charge on any atom is 0.264 e. The minimum atomic E-state index is -3.88. The van der Waals surface area contributed by atoms with Crippen molar-refractivity contribution in [1.82, 2.24) is 0 Å². The standard InChI is InChI=1S/C24H26N2O5S/c1-5-31-20-12-10-19(11-13-20)26(3)32(28,29)22-14-9-17(2)23(16-22)24(27)25-18-7-6-8-21(15-18)30-4/h6-16H,5H2,1-4H3,(H,25,27). The Kier molecular flexibility index (Phi) is 7.05. The third-order valence-corrected chi connectivity index (χ3v) is 6.73. The molecule has 0 radical (unpaired) electrons. The Balaban J connectivity index is 1.88. The number of benzene rings is 3. The maximum absolute atomic E-state index is 13.2. The summed E-state index contributed by atoms with van der Waals surface area (Å²) in [6.07, 6.45) is 0. The molecule has 0 fully saturated rings. The van der Waals surface area contributed by atoms with Gasteiger partial charge in [-0.25, -0.2) is 8.42 Å². The summed E-state index contributed by atoms with van der Waals surface area (Å²) in [5, 5.41) is 2.79. The van der Waals surface area contributed by atoms with Crippen molar-refractivity contribution in [1.29, 1.82) is 0 Å². The molecule has 0 saturated heterocycles. The summed E-state index contributed by atoms with van der Waals surface area (Å²) in [5.74, 6) is 0.859. The van der Waals surface area contributed by atoms with Crippen molar-refractivity contribution in [3.8, 4) is 11.5 Å². The molecular formula is C24H26N2O5S. The molecule has 3 rings (SSSR count). The number of hydrogen-bond donors (Lipinski definition) is 1. The van der Waals surface area contributed by atoms with Gasteiger partial charge in [0, 0.05) is 24.4 Å². The van der Waals surface area contributed by atoms with Crippen molar-refractivity contribution in [2.24, 2.45) is 0 Å². The molecule has 0 heterocycles. The van der Waals surface area contributed by atoms with Gasteiger partial charge in [-0.15, -0.1) is 0 Å². The van der Waals surface area contributed by atoms with E-state index in [9.17, 15) is 13.2 Å². The van der Waals surface area contributed by atoms with E-state index in [2.05, 4.69) is 5.32 Å². The van der Waals surface area contributed by atoms with E-state index >= 15 is 0 Å². The Morgan fingerprint density at radius 3 is 2.38 bits per heavy atom. The van der Waals surface area contributed by atoms with Crippen molar-refractivity contribution in [3.05, 3.63) is 77.9 Å². The number of ether oxygens (including phenoxy) is 2. The highest BCUT2D eigenvalue weighted by Crippen LogP contribution is 2.26. The lowest BCUT2D eigenvalue weighted by molar-refractivity contribution is 0.102. The Morgan fingerprint density at radius 2 is 1.72 bits per heavy atom. The zero-order valence-corrected chi connectivity index (χ0v) is 19.3. The summed E-state index contributed by atoms with van der Waals surface area (Å²) >= 11 is 0. The number of nitrogens with zero attached hydrogens (tertiary/aromatic N) is 1. The average Bonchev–Trinajstić information content (AvgIpc) is 2.79. The molecule has 3 aromatic carbocycles. The van der Waals surface area contributed by atoms with Gasteiger partial charge in [0.2, 0.25) is 0 Å². The van der Waals surface area contributed by atoms with Crippen LogP contribution >= 0.6 is 0 Å². The Morgan fingerprint density at radius 1 is 1.00 bits per heavy atom. The monoisotopic (exact) mass is 454 g/mol. The molecule has 8 heteroatoms. The van der Waals surface area contributed by atoms with E-state index < -0.39 is 15.9 Å². The molecular weight excluding hydrogens is 428 g/mol. The number of amides is 1. The quantitative estimate of drug-likeness (QED) is 0.542. The summed E-state index contributed by atoms with van der Waals surface area (Å²) in [7, 11) is -0.866. The van der Waals surface area contributed by atoms with Gasteiger partial charge in [-0.2, -0.15) is 0 Å². The highest BCUT2D eigenvalue weighted by molar-refractivity contribution is 7.92. The summed E-state index contributed by atoms with van der Waals surface area (Å²) in [6, 6.07) is 18.2. The Labute approximate surface area is 188 Å². The predicted octanol–water partition coefficient (Wildman–Crippen LogP) is 4.48. The lowest BCUT2D eigenvalue weighted by atomic mass is 10.1. The van der Waals surface area contributed by atoms with Gasteiger partial charge in [-0.3, -0.25) is 9.10 Å². The number of sulfonamides is 1. The normalized spacial score (nSPS) is 11.0. The van der Waals surface area contributed by atoms with E-state index in [1.807, 2.05) is 6.92 Å². The minimum Gasteiger partial charge on any atom is -0.497 e. The van der Waals surface area contributed by atoms with Gasteiger partial charge in [0.25, 0.3) is 15.9 Å². The largest absolute Gasteiger partial charge is 0.497 e. The van der Waals surface area contributed by atoms with Gasteiger partial charge in [-0.05, 0) is 67.9 Å². The number of aryl methyl sites for hydroxylation is 1. The van der Waals surface area contributed by atoms with Crippen LogP contribution in [0.5, 0.6) is 11.5 Å². The van der Waals surface area contributed by atoms with Crippen LogP contribution in [0.2, 0.25) is 0 Å². The lowest BCUT2D eigenvalue weighted by Gasteiger charge is -2.20. The first-order chi connectivity index (χ1) is 15.3. The van der Waals surface area contributed by atoms with Gasteiger partial charge >= 0.3 is 0 Å². The summed E-state index contributed by atoms with van der Waals surface area (Å²) < 4.78 is 38.2. The molecule has 0 bridgehead atoms. The first-order valence-corrected chi connectivity index (χ1v) is 11.5. The predicted molar refractivity (Wildman–Crippen MR) is 125 cm³/mol. The molecule has 0 atom stereocenters. The van der Waals surface area contributed by atoms with Crippen molar-refractivity contribution < 1.29 is 22.7 Å². The van der Waals surface area contributed by atoms with Crippen LogP contribution in [0.1, 0.15) is 22.8 Å². The zero-order valence-electron chi connectivity index (χ0n) is 18.5. The van der Waals surface area contributed by atoms with Crippen LogP contribution in [0.25, 0.3) is 0 Å². The maximum atomic E-state index is 13.2. The van der Waals surface area contributed by atoms with Crippen LogP contribution in [0.4, 0.5) is 11.4 Å². The number of anilines is 2. The van der Waals surface area contributed by atoms with Crippen LogP contribution in [-0.2, 0) is 10.0 Å². The van der Waals surface area contributed by atoms with E-state index in [0.29, 0.717) is 35.0 Å². The van der Waals surface area contributed by atoms with E-state index in [1.54, 1.807) is 68.6 Å². The van der Waals surface area contributed by atoms with Gasteiger partial charge in [-0.1, -0.05) is 12.1 Å². The molecule has 0 aromatic heterocycles. The molecule has 0 spiro atoms. The van der Waals surface area contributed by atoms with Gasteiger partial charge in [0.15, 0.2) is 0 Å². The van der Waals surface area contributed by atoms with Crippen molar-refractivity contribution in [3.63, 3.8) is 0 Å². The third-order valence-electron chi connectivity index (χ3n) is 4.95. The van der Waals surface area contributed by atoms with E-state index in [0.717, 1.165) is 0 Å². The second kappa shape index (κ2) is 9.74. The molecule has 1 N–H and O–H groups in total. The van der Waals surface area contributed by atoms with Crippen molar-refractivity contribution in [2.45, 2.75) is 18.7 Å². The van der Waals surface area contributed by atoms with E-state index in [-0.39, 0.29) is 10.5 Å². The van der Waals surface area contributed by atoms with E-state index in [1.165, 1.54) is 23.5 Å². The number of methoxy groups -OCH3 is 1. The third kappa shape index (κ3) is 5.03. The fraction of sp³-hybridized carbons (Fsp3) is 0.208. The van der Waals surface area contributed by atoms with Crippen LogP contribution < -0.4 is 19.1 Å². The van der Waals surface area contributed by atoms with Gasteiger partial charge in [0.1, 0.15) is 11.5 Å². The summed E-state index contributed by atoms with van der Waals surface area (Å²) in [6.45, 7) is 4.16. The molecule has 0 saturated carbocycles. The highest BCUT2D eigenvalue weighted by Gasteiger charge is 2.23. The molecule has 168 valence electrons. The SMILES string of the molecule is CCOc1ccc(N(C)S(=O)(=O)c2ccc(C)c(C(=O)Nc3cccc(OC)c3)c2)cc1. The Hall–Kier alpha value is -3.52. The lowest BCUT2D eigenvalue weighted by Crippen LogP contribution is -2.27. The zero-order chi connectivity index (χ0) is 23.3. The van der Waals surface area contributed by atoms with Gasteiger partial charge in [0.05, 0.1) is 24.3 Å². The fourth-order valence-corrected chi connectivity index (χ4v) is 4.34. The highest BCUT2D eigenvalue weighted by atomic mass is 32.2. The number of nitrogens with one attached hydrogen (secondary N) is 1. The number of carbonyl (C=O) groups is 1. The molecule has 0 unspecified atom stereocenters. The fourth-order valence-electron chi connectivity index (χ4n) is 3.12.